The molecule has 0 aromatic carbocycles. The van der Waals surface area contributed by atoms with Crippen molar-refractivity contribution in [3.63, 3.8) is 0 Å². The molecule has 0 amide bonds. The van der Waals surface area contributed by atoms with Crippen molar-refractivity contribution in [2.24, 2.45) is 5.41 Å². The molecule has 1 rings (SSSR count). The highest BCUT2D eigenvalue weighted by Gasteiger charge is 2.40. The standard InChI is InChI=1S/C16H28O3Si2/c1-18-15-12-14(19-21(5,6)7)8-9-16(15,13-17)10-11-20(2,3)4/h12-13,15H,8-9H2,1-7H3/t15-,16+/m0/s1. The maximum absolute atomic E-state index is 11.7. The monoisotopic (exact) mass is 324 g/mol. The van der Waals surface area contributed by atoms with Gasteiger partial charge in [-0.2, -0.15) is 0 Å². The Balaban J connectivity index is 3.09. The molecule has 118 valence electrons. The third kappa shape index (κ3) is 5.46. The Morgan fingerprint density at radius 2 is 1.90 bits per heavy atom. The van der Waals surface area contributed by atoms with Crippen molar-refractivity contribution in [1.29, 1.82) is 0 Å². The third-order valence-corrected chi connectivity index (χ3v) is 4.95. The summed E-state index contributed by atoms with van der Waals surface area (Å²) in [6.07, 6.45) is 4.02. The second kappa shape index (κ2) is 6.51. The van der Waals surface area contributed by atoms with E-state index in [-0.39, 0.29) is 6.10 Å². The molecule has 3 nitrogen and oxygen atoms in total. The largest absolute Gasteiger partial charge is 0.547 e. The summed E-state index contributed by atoms with van der Waals surface area (Å²) in [6, 6.07) is 0. The second-order valence-corrected chi connectivity index (χ2v) is 16.8. The van der Waals surface area contributed by atoms with Gasteiger partial charge in [0.1, 0.15) is 25.9 Å². The fraction of sp³-hybridized carbons (Fsp3) is 0.688. The smallest absolute Gasteiger partial charge is 0.241 e. The van der Waals surface area contributed by atoms with E-state index >= 15 is 0 Å². The van der Waals surface area contributed by atoms with Crippen LogP contribution >= 0.6 is 0 Å². The SMILES string of the molecule is CO[C@H]1C=C(O[Si](C)(C)C)CC[C@@]1(C#C[Si](C)(C)C)C=O. The van der Waals surface area contributed by atoms with Gasteiger partial charge in [0.2, 0.25) is 8.32 Å². The Bertz CT molecular complexity index is 474. The van der Waals surface area contributed by atoms with E-state index in [0.29, 0.717) is 6.42 Å². The molecular formula is C16H28O3Si2. The first-order valence-corrected chi connectivity index (χ1v) is 14.4. The fourth-order valence-electron chi connectivity index (χ4n) is 2.22. The predicted octanol–water partition coefficient (Wildman–Crippen LogP) is 3.60. The van der Waals surface area contributed by atoms with Gasteiger partial charge < -0.3 is 14.0 Å². The molecule has 5 heteroatoms. The van der Waals surface area contributed by atoms with E-state index < -0.39 is 21.8 Å². The van der Waals surface area contributed by atoms with Crippen molar-refractivity contribution >= 4 is 22.7 Å². The van der Waals surface area contributed by atoms with Crippen LogP contribution in [-0.2, 0) is 14.0 Å². The van der Waals surface area contributed by atoms with Crippen molar-refractivity contribution in [1.82, 2.24) is 0 Å². The molecule has 1 aliphatic carbocycles. The van der Waals surface area contributed by atoms with Crippen LogP contribution < -0.4 is 0 Å². The zero-order valence-electron chi connectivity index (χ0n) is 14.4. The maximum Gasteiger partial charge on any atom is 0.241 e. The Morgan fingerprint density at radius 1 is 1.29 bits per heavy atom. The summed E-state index contributed by atoms with van der Waals surface area (Å²) in [7, 11) is -1.52. The molecule has 0 saturated carbocycles. The summed E-state index contributed by atoms with van der Waals surface area (Å²) in [5.74, 6) is 4.19. The molecule has 0 radical (unpaired) electrons. The highest BCUT2D eigenvalue weighted by atomic mass is 28.4. The van der Waals surface area contributed by atoms with Crippen molar-refractivity contribution in [3.05, 3.63) is 11.8 Å². The number of carbonyl (C=O) groups excluding carboxylic acids is 1. The first-order chi connectivity index (χ1) is 9.51. The molecule has 0 bridgehead atoms. The van der Waals surface area contributed by atoms with E-state index in [0.717, 1.165) is 18.5 Å². The van der Waals surface area contributed by atoms with E-state index in [1.807, 2.05) is 6.08 Å². The first-order valence-electron chi connectivity index (χ1n) is 7.44. The van der Waals surface area contributed by atoms with Crippen LogP contribution in [-0.4, -0.2) is 35.9 Å². The fourth-order valence-corrected chi connectivity index (χ4v) is 3.79. The van der Waals surface area contributed by atoms with E-state index in [2.05, 4.69) is 50.7 Å². The van der Waals surface area contributed by atoms with Crippen molar-refractivity contribution in [2.75, 3.05) is 7.11 Å². The third-order valence-electron chi connectivity index (χ3n) is 3.20. The number of allylic oxidation sites excluding steroid dienone is 1. The van der Waals surface area contributed by atoms with Gasteiger partial charge in [0, 0.05) is 13.5 Å². The van der Waals surface area contributed by atoms with Crippen LogP contribution in [0.25, 0.3) is 0 Å². The minimum absolute atomic E-state index is 0.320. The second-order valence-electron chi connectivity index (χ2n) is 7.66. The summed E-state index contributed by atoms with van der Waals surface area (Å²) in [5.41, 5.74) is 2.61. The number of ether oxygens (including phenoxy) is 1. The minimum atomic E-state index is -1.63. The van der Waals surface area contributed by atoms with Crippen LogP contribution in [0.4, 0.5) is 0 Å². The molecule has 0 heterocycles. The first kappa shape index (κ1) is 18.2. The zero-order valence-corrected chi connectivity index (χ0v) is 16.4. The average molecular weight is 325 g/mol. The van der Waals surface area contributed by atoms with Gasteiger partial charge in [-0.3, -0.25) is 0 Å². The van der Waals surface area contributed by atoms with Crippen LogP contribution in [0.3, 0.4) is 0 Å². The van der Waals surface area contributed by atoms with Crippen LogP contribution in [0.5, 0.6) is 0 Å². The van der Waals surface area contributed by atoms with Gasteiger partial charge in [-0.15, -0.1) is 5.54 Å². The van der Waals surface area contributed by atoms with Gasteiger partial charge in [-0.25, -0.2) is 0 Å². The van der Waals surface area contributed by atoms with Crippen molar-refractivity contribution in [3.8, 4) is 11.5 Å². The lowest BCUT2D eigenvalue weighted by Gasteiger charge is -2.35. The highest BCUT2D eigenvalue weighted by Crippen LogP contribution is 2.36. The molecule has 0 N–H and O–H groups in total. The van der Waals surface area contributed by atoms with Gasteiger partial charge in [0.25, 0.3) is 0 Å². The Hall–Kier alpha value is -0.836. The number of carbonyl (C=O) groups is 1. The molecule has 21 heavy (non-hydrogen) atoms. The van der Waals surface area contributed by atoms with Crippen LogP contribution in [0.2, 0.25) is 39.3 Å². The summed E-state index contributed by atoms with van der Waals surface area (Å²) < 4.78 is 11.6. The van der Waals surface area contributed by atoms with E-state index in [4.69, 9.17) is 9.16 Å². The molecule has 0 fully saturated rings. The molecule has 0 aliphatic heterocycles. The minimum Gasteiger partial charge on any atom is -0.547 e. The summed E-state index contributed by atoms with van der Waals surface area (Å²) in [4.78, 5) is 11.7. The number of hydrogen-bond donors (Lipinski definition) is 0. The Kier molecular flexibility index (Phi) is 5.65. The van der Waals surface area contributed by atoms with Crippen molar-refractivity contribution < 1.29 is 14.0 Å². The van der Waals surface area contributed by atoms with E-state index in [9.17, 15) is 4.79 Å². The number of rotatable bonds is 4. The predicted molar refractivity (Wildman–Crippen MR) is 92.2 cm³/mol. The lowest BCUT2D eigenvalue weighted by atomic mass is 9.76. The lowest BCUT2D eigenvalue weighted by Crippen LogP contribution is -2.40. The lowest BCUT2D eigenvalue weighted by molar-refractivity contribution is -0.119. The van der Waals surface area contributed by atoms with Gasteiger partial charge in [-0.05, 0) is 32.1 Å². The maximum atomic E-state index is 11.7. The molecule has 1 aliphatic rings. The summed E-state index contributed by atoms with van der Waals surface area (Å²) in [5, 5.41) is 0. The van der Waals surface area contributed by atoms with E-state index in [1.54, 1.807) is 7.11 Å². The highest BCUT2D eigenvalue weighted by molar-refractivity contribution is 6.83. The van der Waals surface area contributed by atoms with Crippen molar-refractivity contribution in [2.45, 2.75) is 58.2 Å². The molecule has 0 spiro atoms. The Labute approximate surface area is 131 Å². The van der Waals surface area contributed by atoms with Gasteiger partial charge in [0.15, 0.2) is 0 Å². The summed E-state index contributed by atoms with van der Waals surface area (Å²) in [6.45, 7) is 13.0. The summed E-state index contributed by atoms with van der Waals surface area (Å²) >= 11 is 0. The van der Waals surface area contributed by atoms with Gasteiger partial charge >= 0.3 is 0 Å². The molecule has 2 atom stereocenters. The van der Waals surface area contributed by atoms with E-state index in [1.165, 1.54) is 0 Å². The number of hydrogen-bond acceptors (Lipinski definition) is 3. The quantitative estimate of drug-likeness (QED) is 0.450. The van der Waals surface area contributed by atoms with Gasteiger partial charge in [0.05, 0.1) is 5.76 Å². The van der Waals surface area contributed by atoms with Crippen LogP contribution in [0, 0.1) is 16.9 Å². The molecule has 0 saturated heterocycles. The number of methoxy groups -OCH3 is 1. The number of aldehydes is 1. The van der Waals surface area contributed by atoms with Gasteiger partial charge in [-0.1, -0.05) is 25.6 Å². The van der Waals surface area contributed by atoms with Crippen LogP contribution in [0.15, 0.2) is 11.8 Å². The topological polar surface area (TPSA) is 35.5 Å². The Morgan fingerprint density at radius 3 is 2.33 bits per heavy atom. The molecular weight excluding hydrogens is 296 g/mol. The molecule has 0 unspecified atom stereocenters. The van der Waals surface area contributed by atoms with Crippen LogP contribution in [0.1, 0.15) is 12.8 Å². The average Bonchev–Trinajstić information content (AvgIpc) is 2.34. The molecule has 0 aromatic heterocycles. The zero-order chi connectivity index (χ0) is 16.3. The normalized spacial score (nSPS) is 26.4. The molecule has 0 aromatic rings.